The maximum Gasteiger partial charge on any atom is 0.394 e. The number of hydrogen-bond acceptors (Lipinski definition) is 1. The number of rotatable bonds is 3. The van der Waals surface area contributed by atoms with Gasteiger partial charge in [0.2, 0.25) is 0 Å². The molecule has 0 N–H and O–H groups in total. The molecular formula is C8H12F3N. The van der Waals surface area contributed by atoms with Gasteiger partial charge >= 0.3 is 6.18 Å². The van der Waals surface area contributed by atoms with Crippen LogP contribution in [0.1, 0.15) is 26.7 Å². The zero-order chi connectivity index (χ0) is 9.78. The molecule has 0 aromatic heterocycles. The summed E-state index contributed by atoms with van der Waals surface area (Å²) >= 11 is 0. The van der Waals surface area contributed by atoms with E-state index in [2.05, 4.69) is 11.6 Å². The van der Waals surface area contributed by atoms with E-state index in [4.69, 9.17) is 0 Å². The van der Waals surface area contributed by atoms with Crippen LogP contribution in [0.2, 0.25) is 0 Å². The van der Waals surface area contributed by atoms with Crippen molar-refractivity contribution in [3.63, 3.8) is 0 Å². The molecular weight excluding hydrogens is 167 g/mol. The molecule has 0 saturated heterocycles. The molecule has 0 atom stereocenters. The molecule has 70 valence electrons. The van der Waals surface area contributed by atoms with Gasteiger partial charge in [-0.2, -0.15) is 13.2 Å². The summed E-state index contributed by atoms with van der Waals surface area (Å²) in [5, 5.41) is 0. The lowest BCUT2D eigenvalue weighted by atomic mass is 10.3. The second-order valence-corrected chi connectivity index (χ2v) is 2.56. The first-order chi connectivity index (χ1) is 5.35. The minimum Gasteiger partial charge on any atom is -0.263 e. The lowest BCUT2D eigenvalue weighted by Gasteiger charge is -2.05. The van der Waals surface area contributed by atoms with Gasteiger partial charge in [-0.15, -0.1) is 0 Å². The van der Waals surface area contributed by atoms with Crippen molar-refractivity contribution >= 4 is 5.71 Å². The van der Waals surface area contributed by atoms with Crippen LogP contribution in [0.4, 0.5) is 13.2 Å². The second kappa shape index (κ2) is 4.28. The van der Waals surface area contributed by atoms with Crippen molar-refractivity contribution in [2.24, 2.45) is 4.99 Å². The Morgan fingerprint density at radius 1 is 1.42 bits per heavy atom. The minimum atomic E-state index is -4.20. The lowest BCUT2D eigenvalue weighted by molar-refractivity contribution is -0.127. The Labute approximate surface area is 70.0 Å². The second-order valence-electron chi connectivity index (χ2n) is 2.56. The fraction of sp³-hybridized carbons (Fsp3) is 0.625. The van der Waals surface area contributed by atoms with Gasteiger partial charge in [0.1, 0.15) is 0 Å². The number of halogens is 3. The highest BCUT2D eigenvalue weighted by atomic mass is 19.4. The van der Waals surface area contributed by atoms with Gasteiger partial charge in [0.15, 0.2) is 0 Å². The first kappa shape index (κ1) is 11.2. The molecule has 0 bridgehead atoms. The molecule has 0 heterocycles. The molecule has 0 fully saturated rings. The van der Waals surface area contributed by atoms with Crippen LogP contribution >= 0.6 is 0 Å². The van der Waals surface area contributed by atoms with Crippen molar-refractivity contribution in [3.05, 3.63) is 12.3 Å². The quantitative estimate of drug-likeness (QED) is 0.589. The predicted molar refractivity (Wildman–Crippen MR) is 43.2 cm³/mol. The highest BCUT2D eigenvalue weighted by molar-refractivity contribution is 5.82. The Bertz CT molecular complexity index is 191. The summed E-state index contributed by atoms with van der Waals surface area (Å²) in [5.74, 6) is 0. The van der Waals surface area contributed by atoms with Gasteiger partial charge < -0.3 is 0 Å². The maximum absolute atomic E-state index is 11.7. The van der Waals surface area contributed by atoms with Gasteiger partial charge in [0.05, 0.1) is 6.42 Å². The van der Waals surface area contributed by atoms with Crippen LogP contribution in [0.3, 0.4) is 0 Å². The normalized spacial score (nSPS) is 13.2. The van der Waals surface area contributed by atoms with E-state index in [0.717, 1.165) is 0 Å². The zero-order valence-electron chi connectivity index (χ0n) is 7.20. The maximum atomic E-state index is 11.7. The summed E-state index contributed by atoms with van der Waals surface area (Å²) in [6.45, 7) is 6.74. The summed E-state index contributed by atoms with van der Waals surface area (Å²) in [6, 6.07) is 0. The average molecular weight is 179 g/mol. The average Bonchev–Trinajstić information content (AvgIpc) is 1.82. The van der Waals surface area contributed by atoms with Crippen LogP contribution in [0, 0.1) is 0 Å². The van der Waals surface area contributed by atoms with E-state index in [1.54, 1.807) is 6.92 Å². The Kier molecular flexibility index (Phi) is 4.00. The first-order valence-electron chi connectivity index (χ1n) is 3.64. The Morgan fingerprint density at radius 2 is 1.92 bits per heavy atom. The molecule has 0 aromatic carbocycles. The van der Waals surface area contributed by atoms with Gasteiger partial charge in [-0.25, -0.2) is 0 Å². The Balaban J connectivity index is 4.08. The largest absolute Gasteiger partial charge is 0.394 e. The van der Waals surface area contributed by atoms with E-state index in [1.165, 1.54) is 0 Å². The summed E-state index contributed by atoms with van der Waals surface area (Å²) in [5.41, 5.74) is 0.547. The Morgan fingerprint density at radius 3 is 2.25 bits per heavy atom. The number of aliphatic imine (C=N–C) groups is 1. The third-order valence-corrected chi connectivity index (χ3v) is 1.27. The summed E-state index contributed by atoms with van der Waals surface area (Å²) in [6.07, 6.45) is -4.57. The van der Waals surface area contributed by atoms with E-state index < -0.39 is 12.6 Å². The van der Waals surface area contributed by atoms with Crippen LogP contribution in [0.25, 0.3) is 0 Å². The fourth-order valence-corrected chi connectivity index (χ4v) is 0.620. The smallest absolute Gasteiger partial charge is 0.263 e. The lowest BCUT2D eigenvalue weighted by Crippen LogP contribution is -2.07. The molecule has 0 aromatic rings. The van der Waals surface area contributed by atoms with E-state index in [1.807, 2.05) is 6.92 Å². The van der Waals surface area contributed by atoms with Crippen LogP contribution < -0.4 is 0 Å². The van der Waals surface area contributed by atoms with Gasteiger partial charge in [0.25, 0.3) is 0 Å². The molecule has 0 aliphatic heterocycles. The highest BCUT2D eigenvalue weighted by Gasteiger charge is 2.28. The molecule has 4 heteroatoms. The van der Waals surface area contributed by atoms with E-state index in [0.29, 0.717) is 12.1 Å². The van der Waals surface area contributed by atoms with Crippen molar-refractivity contribution in [1.29, 1.82) is 0 Å². The molecule has 0 rings (SSSR count). The molecule has 0 spiro atoms. The molecule has 0 saturated carbocycles. The number of allylic oxidation sites excluding steroid dienone is 1. The van der Waals surface area contributed by atoms with E-state index in [-0.39, 0.29) is 5.70 Å². The molecule has 0 aliphatic carbocycles. The molecule has 0 aliphatic rings. The molecule has 0 radical (unpaired) electrons. The van der Waals surface area contributed by atoms with Crippen LogP contribution in [-0.2, 0) is 0 Å². The van der Waals surface area contributed by atoms with Gasteiger partial charge in [-0.1, -0.05) is 13.5 Å². The van der Waals surface area contributed by atoms with Gasteiger partial charge in [0, 0.05) is 11.4 Å². The summed E-state index contributed by atoms with van der Waals surface area (Å²) < 4.78 is 35.2. The minimum absolute atomic E-state index is 0.123. The number of nitrogens with zero attached hydrogens (tertiary/aromatic N) is 1. The van der Waals surface area contributed by atoms with E-state index >= 15 is 0 Å². The third kappa shape index (κ3) is 5.95. The van der Waals surface area contributed by atoms with Gasteiger partial charge in [-0.3, -0.25) is 4.99 Å². The van der Waals surface area contributed by atoms with Gasteiger partial charge in [-0.05, 0) is 13.3 Å². The molecule has 1 nitrogen and oxygen atoms in total. The summed E-state index contributed by atoms with van der Waals surface area (Å²) in [4.78, 5) is 3.68. The van der Waals surface area contributed by atoms with Crippen LogP contribution in [-0.4, -0.2) is 11.9 Å². The molecule has 0 unspecified atom stereocenters. The first-order valence-corrected chi connectivity index (χ1v) is 3.64. The molecule has 12 heavy (non-hydrogen) atoms. The van der Waals surface area contributed by atoms with Crippen molar-refractivity contribution in [1.82, 2.24) is 0 Å². The van der Waals surface area contributed by atoms with Crippen LogP contribution in [0.15, 0.2) is 17.3 Å². The predicted octanol–water partition coefficient (Wildman–Crippen LogP) is 3.32. The fourth-order valence-electron chi connectivity index (χ4n) is 0.620. The van der Waals surface area contributed by atoms with Crippen molar-refractivity contribution in [3.8, 4) is 0 Å². The monoisotopic (exact) mass is 179 g/mol. The highest BCUT2D eigenvalue weighted by Crippen LogP contribution is 2.24. The van der Waals surface area contributed by atoms with Crippen molar-refractivity contribution in [2.75, 3.05) is 0 Å². The Hall–Kier alpha value is -0.800. The SMILES string of the molecule is C=C(CC(F)(F)F)/N=C(\C)CC. The molecule has 0 amide bonds. The van der Waals surface area contributed by atoms with Crippen molar-refractivity contribution in [2.45, 2.75) is 32.9 Å². The third-order valence-electron chi connectivity index (χ3n) is 1.27. The van der Waals surface area contributed by atoms with E-state index in [9.17, 15) is 13.2 Å². The topological polar surface area (TPSA) is 12.4 Å². The van der Waals surface area contributed by atoms with Crippen molar-refractivity contribution < 1.29 is 13.2 Å². The summed E-state index contributed by atoms with van der Waals surface area (Å²) in [7, 11) is 0. The van der Waals surface area contributed by atoms with Crippen LogP contribution in [0.5, 0.6) is 0 Å². The number of hydrogen-bond donors (Lipinski definition) is 0. The zero-order valence-corrected chi connectivity index (χ0v) is 7.20. The standard InChI is InChI=1S/C8H12F3N/c1-4-6(2)12-7(3)5-8(9,10)11/h3-5H2,1-2H3/b12-6+. The number of alkyl halides is 3.